The molecule has 2 aromatic carbocycles. The number of halogens is 2. The van der Waals surface area contributed by atoms with Crippen molar-refractivity contribution < 1.29 is 14.3 Å². The van der Waals surface area contributed by atoms with Crippen LogP contribution < -0.4 is 15.4 Å². The second-order valence-electron chi connectivity index (χ2n) is 4.95. The smallest absolute Gasteiger partial charge is 0.265 e. The van der Waals surface area contributed by atoms with Gasteiger partial charge in [-0.2, -0.15) is 0 Å². The predicted molar refractivity (Wildman–Crippen MR) is 95.0 cm³/mol. The van der Waals surface area contributed by atoms with Crippen LogP contribution in [0.2, 0.25) is 10.0 Å². The number of hydrogen-bond acceptors (Lipinski definition) is 3. The maximum Gasteiger partial charge on any atom is 0.265 e. The van der Waals surface area contributed by atoms with Crippen molar-refractivity contribution in [2.45, 2.75) is 13.0 Å². The number of ether oxygens (including phenoxy) is 1. The van der Waals surface area contributed by atoms with Crippen LogP contribution in [0.3, 0.4) is 0 Å². The van der Waals surface area contributed by atoms with Crippen molar-refractivity contribution >= 4 is 40.7 Å². The van der Waals surface area contributed by atoms with E-state index in [0.717, 1.165) is 0 Å². The fraction of sp³-hybridized carbons (Fsp3) is 0.176. The Morgan fingerprint density at radius 2 is 1.83 bits per heavy atom. The first-order valence-electron chi connectivity index (χ1n) is 7.16. The first-order chi connectivity index (χ1) is 11.4. The van der Waals surface area contributed by atoms with Gasteiger partial charge in [-0.3, -0.25) is 9.59 Å². The summed E-state index contributed by atoms with van der Waals surface area (Å²) in [6.07, 6.45) is -0.818. The third-order valence-electron chi connectivity index (χ3n) is 3.22. The van der Waals surface area contributed by atoms with Crippen LogP contribution in [0.1, 0.15) is 17.3 Å². The van der Waals surface area contributed by atoms with E-state index in [0.29, 0.717) is 27.0 Å². The van der Waals surface area contributed by atoms with Crippen molar-refractivity contribution in [2.24, 2.45) is 0 Å². The molecule has 0 spiro atoms. The van der Waals surface area contributed by atoms with Crippen molar-refractivity contribution in [2.75, 3.05) is 12.4 Å². The summed E-state index contributed by atoms with van der Waals surface area (Å²) in [6, 6.07) is 11.4. The lowest BCUT2D eigenvalue weighted by atomic mass is 10.1. The van der Waals surface area contributed by atoms with Gasteiger partial charge in [0, 0.05) is 12.1 Å². The zero-order chi connectivity index (χ0) is 17.7. The Labute approximate surface area is 149 Å². The third-order valence-corrected chi connectivity index (χ3v) is 3.75. The number of hydrogen-bond donors (Lipinski definition) is 2. The molecule has 0 bridgehead atoms. The summed E-state index contributed by atoms with van der Waals surface area (Å²) in [5.74, 6) is -0.346. The van der Waals surface area contributed by atoms with Crippen LogP contribution in [0.25, 0.3) is 0 Å². The third kappa shape index (κ3) is 4.40. The van der Waals surface area contributed by atoms with Gasteiger partial charge in [-0.15, -0.1) is 0 Å². The van der Waals surface area contributed by atoms with E-state index in [2.05, 4.69) is 10.6 Å². The zero-order valence-electron chi connectivity index (χ0n) is 13.1. The van der Waals surface area contributed by atoms with Gasteiger partial charge in [0.15, 0.2) is 6.10 Å². The molecule has 2 N–H and O–H groups in total. The Bertz CT molecular complexity index is 765. The van der Waals surface area contributed by atoms with Gasteiger partial charge >= 0.3 is 0 Å². The average molecular weight is 367 g/mol. The van der Waals surface area contributed by atoms with E-state index < -0.39 is 12.0 Å². The lowest BCUT2D eigenvalue weighted by Gasteiger charge is -2.17. The standard InChI is InChI=1S/C17H16Cl2N2O3/c1-10(24-15-8-7-11(18)9-13(15)19)16(22)21-14-6-4-3-5-12(14)17(23)20-2/h3-10H,1-2H3,(H,20,23)(H,21,22). The zero-order valence-corrected chi connectivity index (χ0v) is 14.6. The Kier molecular flexibility index (Phi) is 6.06. The van der Waals surface area contributed by atoms with Crippen molar-refractivity contribution in [3.8, 4) is 5.75 Å². The summed E-state index contributed by atoms with van der Waals surface area (Å²) < 4.78 is 5.56. The second kappa shape index (κ2) is 8.04. The van der Waals surface area contributed by atoms with E-state index >= 15 is 0 Å². The van der Waals surface area contributed by atoms with Gasteiger partial charge < -0.3 is 15.4 Å². The van der Waals surface area contributed by atoms with E-state index in [9.17, 15) is 9.59 Å². The van der Waals surface area contributed by atoms with Crippen molar-refractivity contribution in [3.05, 3.63) is 58.1 Å². The normalized spacial score (nSPS) is 11.5. The molecule has 0 saturated heterocycles. The van der Waals surface area contributed by atoms with E-state index in [1.807, 2.05) is 0 Å². The quantitative estimate of drug-likeness (QED) is 0.846. The summed E-state index contributed by atoms with van der Waals surface area (Å²) >= 11 is 11.9. The van der Waals surface area contributed by atoms with Crippen LogP contribution in [-0.4, -0.2) is 25.0 Å². The van der Waals surface area contributed by atoms with E-state index in [4.69, 9.17) is 27.9 Å². The molecule has 2 rings (SSSR count). The summed E-state index contributed by atoms with van der Waals surface area (Å²) in [5.41, 5.74) is 0.768. The molecule has 5 nitrogen and oxygen atoms in total. The molecule has 0 aliphatic heterocycles. The Hall–Kier alpha value is -2.24. The van der Waals surface area contributed by atoms with Gasteiger partial charge in [0.1, 0.15) is 5.75 Å². The summed E-state index contributed by atoms with van der Waals surface area (Å²) in [5, 5.41) is 6.00. The van der Waals surface area contributed by atoms with Gasteiger partial charge in [-0.25, -0.2) is 0 Å². The molecule has 1 atom stereocenters. The van der Waals surface area contributed by atoms with Crippen LogP contribution in [0.4, 0.5) is 5.69 Å². The number of benzene rings is 2. The van der Waals surface area contributed by atoms with E-state index in [-0.39, 0.29) is 5.91 Å². The Morgan fingerprint density at radius 1 is 1.12 bits per heavy atom. The molecule has 0 radical (unpaired) electrons. The number of anilines is 1. The molecule has 2 aromatic rings. The monoisotopic (exact) mass is 366 g/mol. The minimum absolute atomic E-state index is 0.291. The molecule has 0 fully saturated rings. The van der Waals surface area contributed by atoms with Crippen LogP contribution in [0.15, 0.2) is 42.5 Å². The highest BCUT2D eigenvalue weighted by Gasteiger charge is 2.19. The number of carbonyl (C=O) groups excluding carboxylic acids is 2. The average Bonchev–Trinajstić information content (AvgIpc) is 2.57. The first kappa shape index (κ1) is 18.1. The topological polar surface area (TPSA) is 67.4 Å². The van der Waals surface area contributed by atoms with E-state index in [1.54, 1.807) is 43.3 Å². The van der Waals surface area contributed by atoms with Gasteiger partial charge in [0.25, 0.3) is 11.8 Å². The molecule has 126 valence electrons. The molecule has 0 aliphatic carbocycles. The van der Waals surface area contributed by atoms with Crippen molar-refractivity contribution in [1.29, 1.82) is 0 Å². The maximum absolute atomic E-state index is 12.3. The highest BCUT2D eigenvalue weighted by molar-refractivity contribution is 6.35. The fourth-order valence-electron chi connectivity index (χ4n) is 1.97. The number of para-hydroxylation sites is 1. The van der Waals surface area contributed by atoms with Crippen LogP contribution in [0.5, 0.6) is 5.75 Å². The summed E-state index contributed by atoms with van der Waals surface area (Å²) in [6.45, 7) is 1.59. The van der Waals surface area contributed by atoms with Gasteiger partial charge in [0.05, 0.1) is 16.3 Å². The molecule has 0 aliphatic rings. The highest BCUT2D eigenvalue weighted by atomic mass is 35.5. The first-order valence-corrected chi connectivity index (χ1v) is 7.91. The summed E-state index contributed by atoms with van der Waals surface area (Å²) in [4.78, 5) is 24.2. The Balaban J connectivity index is 2.11. The SMILES string of the molecule is CNC(=O)c1ccccc1NC(=O)C(C)Oc1ccc(Cl)cc1Cl. The number of rotatable bonds is 5. The maximum atomic E-state index is 12.3. The molecule has 0 saturated carbocycles. The van der Waals surface area contributed by atoms with Crippen molar-refractivity contribution in [1.82, 2.24) is 5.32 Å². The molecule has 0 heterocycles. The van der Waals surface area contributed by atoms with Crippen LogP contribution in [-0.2, 0) is 4.79 Å². The molecule has 7 heteroatoms. The largest absolute Gasteiger partial charge is 0.479 e. The minimum Gasteiger partial charge on any atom is -0.479 e. The summed E-state index contributed by atoms with van der Waals surface area (Å²) in [7, 11) is 1.52. The molecular weight excluding hydrogens is 351 g/mol. The number of amides is 2. The number of nitrogens with one attached hydrogen (secondary N) is 2. The number of carbonyl (C=O) groups is 2. The molecular formula is C17H16Cl2N2O3. The van der Waals surface area contributed by atoms with Gasteiger partial charge in [-0.1, -0.05) is 35.3 Å². The van der Waals surface area contributed by atoms with Gasteiger partial charge in [0.2, 0.25) is 0 Å². The Morgan fingerprint density at radius 3 is 2.50 bits per heavy atom. The molecule has 0 aromatic heterocycles. The lowest BCUT2D eigenvalue weighted by molar-refractivity contribution is -0.122. The second-order valence-corrected chi connectivity index (χ2v) is 5.79. The molecule has 2 amide bonds. The molecule has 1 unspecified atom stereocenters. The van der Waals surface area contributed by atoms with Crippen molar-refractivity contribution in [3.63, 3.8) is 0 Å². The van der Waals surface area contributed by atoms with Crippen LogP contribution >= 0.6 is 23.2 Å². The minimum atomic E-state index is -0.818. The van der Waals surface area contributed by atoms with Crippen LogP contribution in [0, 0.1) is 0 Å². The molecule has 24 heavy (non-hydrogen) atoms. The van der Waals surface area contributed by atoms with Gasteiger partial charge in [-0.05, 0) is 37.3 Å². The lowest BCUT2D eigenvalue weighted by Crippen LogP contribution is -2.31. The fourth-order valence-corrected chi connectivity index (χ4v) is 2.43. The highest BCUT2D eigenvalue weighted by Crippen LogP contribution is 2.28. The predicted octanol–water partition coefficient (Wildman–Crippen LogP) is 3.76. The van der Waals surface area contributed by atoms with E-state index in [1.165, 1.54) is 13.1 Å².